The van der Waals surface area contributed by atoms with Crippen LogP contribution in [0, 0.1) is 6.92 Å². The highest BCUT2D eigenvalue weighted by atomic mass is 32.2. The molecular formula is C13H17NO4S. The normalized spacial score (nSPS) is 16.5. The summed E-state index contributed by atoms with van der Waals surface area (Å²) in [6.45, 7) is 1.68. The molecule has 1 fully saturated rings. The van der Waals surface area contributed by atoms with Gasteiger partial charge in [0.1, 0.15) is 0 Å². The minimum absolute atomic E-state index is 0.117. The highest BCUT2D eigenvalue weighted by Gasteiger charge is 2.28. The first-order valence-electron chi connectivity index (χ1n) is 6.26. The molecule has 1 saturated carbocycles. The molecule has 5 nitrogen and oxygen atoms in total. The van der Waals surface area contributed by atoms with Crippen molar-refractivity contribution in [2.75, 3.05) is 4.72 Å². The zero-order valence-corrected chi connectivity index (χ0v) is 11.5. The number of carboxylic acid groups (broad SMARTS) is 1. The fourth-order valence-corrected chi connectivity index (χ4v) is 3.94. The summed E-state index contributed by atoms with van der Waals surface area (Å²) in [6.07, 6.45) is 3.21. The van der Waals surface area contributed by atoms with Crippen molar-refractivity contribution in [1.29, 1.82) is 0 Å². The molecule has 2 N–H and O–H groups in total. The number of hydrogen-bond donors (Lipinski definition) is 2. The van der Waals surface area contributed by atoms with Crippen LogP contribution >= 0.6 is 0 Å². The monoisotopic (exact) mass is 283 g/mol. The van der Waals surface area contributed by atoms with Gasteiger partial charge in [-0.05, 0) is 37.5 Å². The van der Waals surface area contributed by atoms with E-state index in [0.29, 0.717) is 24.1 Å². The Morgan fingerprint density at radius 1 is 1.32 bits per heavy atom. The van der Waals surface area contributed by atoms with Crippen LogP contribution in [0.2, 0.25) is 0 Å². The molecule has 2 rings (SSSR count). The Bertz CT molecular complexity index is 589. The zero-order valence-electron chi connectivity index (χ0n) is 10.7. The van der Waals surface area contributed by atoms with Crippen LogP contribution in [-0.2, 0) is 10.0 Å². The summed E-state index contributed by atoms with van der Waals surface area (Å²) in [6, 6.07) is 4.56. The lowest BCUT2D eigenvalue weighted by molar-refractivity contribution is 0.0696. The first-order chi connectivity index (χ1) is 8.90. The molecule has 19 heavy (non-hydrogen) atoms. The van der Waals surface area contributed by atoms with E-state index in [1.165, 1.54) is 6.07 Å². The standard InChI is InChI=1S/C13H17NO4S/c1-9-6-7-10(8-12(9)13(15)16)14-19(17,18)11-4-2-3-5-11/h6-8,11,14H,2-5H2,1H3,(H,15,16). The molecule has 0 radical (unpaired) electrons. The van der Waals surface area contributed by atoms with Crippen LogP contribution in [0.25, 0.3) is 0 Å². The second kappa shape index (κ2) is 5.21. The average Bonchev–Trinajstić information content (AvgIpc) is 2.85. The van der Waals surface area contributed by atoms with Gasteiger partial charge in [0, 0.05) is 5.69 Å². The maximum atomic E-state index is 12.1. The van der Waals surface area contributed by atoms with Gasteiger partial charge in [0.05, 0.1) is 10.8 Å². The average molecular weight is 283 g/mol. The van der Waals surface area contributed by atoms with Crippen LogP contribution in [0.1, 0.15) is 41.6 Å². The third-order valence-corrected chi connectivity index (χ3v) is 5.34. The van der Waals surface area contributed by atoms with Gasteiger partial charge in [-0.2, -0.15) is 0 Å². The van der Waals surface area contributed by atoms with E-state index in [4.69, 9.17) is 5.11 Å². The number of carbonyl (C=O) groups is 1. The van der Waals surface area contributed by atoms with Crippen molar-refractivity contribution < 1.29 is 18.3 Å². The second-order valence-electron chi connectivity index (χ2n) is 4.89. The zero-order chi connectivity index (χ0) is 14.0. The highest BCUT2D eigenvalue weighted by Crippen LogP contribution is 2.26. The fraction of sp³-hybridized carbons (Fsp3) is 0.462. The molecule has 0 spiro atoms. The molecular weight excluding hydrogens is 266 g/mol. The van der Waals surface area contributed by atoms with Gasteiger partial charge in [-0.1, -0.05) is 18.9 Å². The Morgan fingerprint density at radius 2 is 1.95 bits per heavy atom. The van der Waals surface area contributed by atoms with E-state index in [1.54, 1.807) is 19.1 Å². The van der Waals surface area contributed by atoms with Crippen molar-refractivity contribution in [3.8, 4) is 0 Å². The number of anilines is 1. The van der Waals surface area contributed by atoms with E-state index in [0.717, 1.165) is 12.8 Å². The summed E-state index contributed by atoms with van der Waals surface area (Å²) in [5, 5.41) is 8.66. The molecule has 1 aliphatic rings. The third-order valence-electron chi connectivity index (χ3n) is 3.47. The first kappa shape index (κ1) is 13.9. The summed E-state index contributed by atoms with van der Waals surface area (Å²) in [7, 11) is -3.41. The number of rotatable bonds is 4. The van der Waals surface area contributed by atoms with Gasteiger partial charge in [0.15, 0.2) is 0 Å². The summed E-state index contributed by atoms with van der Waals surface area (Å²) in [5.41, 5.74) is 1.04. The SMILES string of the molecule is Cc1ccc(NS(=O)(=O)C2CCCC2)cc1C(=O)O. The van der Waals surface area contributed by atoms with Crippen LogP contribution in [0.15, 0.2) is 18.2 Å². The third kappa shape index (κ3) is 3.07. The van der Waals surface area contributed by atoms with Crippen LogP contribution in [0.3, 0.4) is 0 Å². The quantitative estimate of drug-likeness (QED) is 0.888. The smallest absolute Gasteiger partial charge is 0.336 e. The van der Waals surface area contributed by atoms with Crippen molar-refractivity contribution in [3.05, 3.63) is 29.3 Å². The molecule has 0 bridgehead atoms. The molecule has 6 heteroatoms. The first-order valence-corrected chi connectivity index (χ1v) is 7.80. The lowest BCUT2D eigenvalue weighted by Gasteiger charge is -2.14. The number of nitrogens with one attached hydrogen (secondary N) is 1. The molecule has 1 aliphatic carbocycles. The number of aromatic carboxylic acids is 1. The lowest BCUT2D eigenvalue weighted by Crippen LogP contribution is -2.25. The van der Waals surface area contributed by atoms with Crippen molar-refractivity contribution in [2.24, 2.45) is 0 Å². The summed E-state index contributed by atoms with van der Waals surface area (Å²) >= 11 is 0. The van der Waals surface area contributed by atoms with Crippen molar-refractivity contribution >= 4 is 21.7 Å². The molecule has 1 aromatic carbocycles. The number of carboxylic acids is 1. The Kier molecular flexibility index (Phi) is 3.80. The number of hydrogen-bond acceptors (Lipinski definition) is 3. The summed E-state index contributed by atoms with van der Waals surface area (Å²) < 4.78 is 26.7. The summed E-state index contributed by atoms with van der Waals surface area (Å²) in [5.74, 6) is -1.06. The highest BCUT2D eigenvalue weighted by molar-refractivity contribution is 7.93. The molecule has 0 aromatic heterocycles. The number of aryl methyl sites for hydroxylation is 1. The molecule has 0 saturated heterocycles. The van der Waals surface area contributed by atoms with Crippen molar-refractivity contribution in [3.63, 3.8) is 0 Å². The predicted molar refractivity (Wildman–Crippen MR) is 72.9 cm³/mol. The molecule has 0 amide bonds. The van der Waals surface area contributed by atoms with Crippen LogP contribution in [0.4, 0.5) is 5.69 Å². The minimum Gasteiger partial charge on any atom is -0.478 e. The maximum Gasteiger partial charge on any atom is 0.336 e. The van der Waals surface area contributed by atoms with E-state index in [9.17, 15) is 13.2 Å². The van der Waals surface area contributed by atoms with E-state index >= 15 is 0 Å². The van der Waals surface area contributed by atoms with E-state index in [2.05, 4.69) is 4.72 Å². The minimum atomic E-state index is -3.41. The number of sulfonamides is 1. The molecule has 0 heterocycles. The summed E-state index contributed by atoms with van der Waals surface area (Å²) in [4.78, 5) is 11.0. The molecule has 0 aliphatic heterocycles. The predicted octanol–water partition coefficient (Wildman–Crippen LogP) is 2.38. The van der Waals surface area contributed by atoms with Crippen molar-refractivity contribution in [1.82, 2.24) is 0 Å². The van der Waals surface area contributed by atoms with Gasteiger partial charge in [-0.15, -0.1) is 0 Å². The fourth-order valence-electron chi connectivity index (χ4n) is 2.36. The molecule has 0 unspecified atom stereocenters. The number of benzene rings is 1. The molecule has 104 valence electrons. The Morgan fingerprint density at radius 3 is 2.53 bits per heavy atom. The van der Waals surface area contributed by atoms with Gasteiger partial charge in [0.2, 0.25) is 10.0 Å². The van der Waals surface area contributed by atoms with Crippen LogP contribution < -0.4 is 4.72 Å². The Labute approximate surface area is 112 Å². The Balaban J connectivity index is 2.23. The Hall–Kier alpha value is -1.56. The van der Waals surface area contributed by atoms with E-state index in [-0.39, 0.29) is 10.8 Å². The molecule has 1 aromatic rings. The van der Waals surface area contributed by atoms with E-state index in [1.807, 2.05) is 0 Å². The van der Waals surface area contributed by atoms with Gasteiger partial charge < -0.3 is 5.11 Å². The lowest BCUT2D eigenvalue weighted by atomic mass is 10.1. The van der Waals surface area contributed by atoms with Gasteiger partial charge in [-0.25, -0.2) is 13.2 Å². The maximum absolute atomic E-state index is 12.1. The largest absolute Gasteiger partial charge is 0.478 e. The van der Waals surface area contributed by atoms with Gasteiger partial charge in [-0.3, -0.25) is 4.72 Å². The molecule has 0 atom stereocenters. The van der Waals surface area contributed by atoms with E-state index < -0.39 is 16.0 Å². The van der Waals surface area contributed by atoms with Gasteiger partial charge in [0.25, 0.3) is 0 Å². The topological polar surface area (TPSA) is 83.5 Å². The van der Waals surface area contributed by atoms with Crippen LogP contribution in [-0.4, -0.2) is 24.7 Å². The van der Waals surface area contributed by atoms with Crippen molar-refractivity contribution in [2.45, 2.75) is 37.9 Å². The van der Waals surface area contributed by atoms with Gasteiger partial charge >= 0.3 is 5.97 Å². The second-order valence-corrected chi connectivity index (χ2v) is 6.85. The van der Waals surface area contributed by atoms with Crippen LogP contribution in [0.5, 0.6) is 0 Å².